The summed E-state index contributed by atoms with van der Waals surface area (Å²) in [5.41, 5.74) is 0.964. The van der Waals surface area contributed by atoms with Crippen molar-refractivity contribution >= 4 is 51.8 Å². The Kier molecular flexibility index (Phi) is 10.8. The van der Waals surface area contributed by atoms with E-state index in [1.54, 1.807) is 14.2 Å². The van der Waals surface area contributed by atoms with Crippen LogP contribution in [-0.2, 0) is 11.3 Å². The van der Waals surface area contributed by atoms with Crippen molar-refractivity contribution in [2.24, 2.45) is 4.99 Å². The maximum atomic E-state index is 12.2. The van der Waals surface area contributed by atoms with Crippen molar-refractivity contribution in [1.82, 2.24) is 15.5 Å². The smallest absolute Gasteiger partial charge is 0.241 e. The topological polar surface area (TPSA) is 75.2 Å². The molecule has 1 aliphatic rings. The van der Waals surface area contributed by atoms with Crippen LogP contribution in [0.15, 0.2) is 21.6 Å². The summed E-state index contributed by atoms with van der Waals surface area (Å²) >= 11 is 3.54. The number of hydrogen-bond acceptors (Lipinski definition) is 4. The van der Waals surface area contributed by atoms with E-state index in [0.717, 1.165) is 42.5 Å². The van der Waals surface area contributed by atoms with Crippen molar-refractivity contribution in [3.8, 4) is 11.5 Å². The molecule has 1 amide bonds. The lowest BCUT2D eigenvalue weighted by molar-refractivity contribution is -0.128. The van der Waals surface area contributed by atoms with Gasteiger partial charge in [-0.25, -0.2) is 4.99 Å². The zero-order valence-corrected chi connectivity index (χ0v) is 19.9. The Morgan fingerprint density at radius 3 is 2.41 bits per heavy atom. The number of nitrogens with one attached hydrogen (secondary N) is 2. The maximum absolute atomic E-state index is 12.2. The van der Waals surface area contributed by atoms with Crippen molar-refractivity contribution < 1.29 is 14.3 Å². The van der Waals surface area contributed by atoms with Crippen LogP contribution in [0.4, 0.5) is 0 Å². The van der Waals surface area contributed by atoms with Crippen molar-refractivity contribution in [3.63, 3.8) is 0 Å². The van der Waals surface area contributed by atoms with Gasteiger partial charge < -0.3 is 25.0 Å². The number of aliphatic imine (C=N–C) groups is 1. The lowest BCUT2D eigenvalue weighted by Crippen LogP contribution is -2.44. The van der Waals surface area contributed by atoms with Gasteiger partial charge in [0.05, 0.1) is 27.3 Å². The number of benzene rings is 1. The molecule has 1 aromatic rings. The number of carbonyl (C=O) groups is 1. The molecule has 152 valence electrons. The SMILES string of the molecule is CCNC(=NCc1cc(OC)c(OC)cc1Br)NCC(=O)N1CCCC1.I. The molecule has 2 rings (SSSR count). The second-order valence-electron chi connectivity index (χ2n) is 5.94. The summed E-state index contributed by atoms with van der Waals surface area (Å²) < 4.78 is 11.5. The molecule has 0 aromatic heterocycles. The van der Waals surface area contributed by atoms with Gasteiger partial charge in [0.25, 0.3) is 0 Å². The molecule has 9 heteroatoms. The third-order valence-corrected chi connectivity index (χ3v) is 4.91. The predicted molar refractivity (Wildman–Crippen MR) is 121 cm³/mol. The van der Waals surface area contributed by atoms with Crippen molar-refractivity contribution in [3.05, 3.63) is 22.2 Å². The molecule has 1 saturated heterocycles. The van der Waals surface area contributed by atoms with E-state index in [0.29, 0.717) is 24.0 Å². The average Bonchev–Trinajstić information content (AvgIpc) is 3.19. The number of hydrogen-bond donors (Lipinski definition) is 2. The normalized spacial score (nSPS) is 13.8. The van der Waals surface area contributed by atoms with Crippen LogP contribution in [0.1, 0.15) is 25.3 Å². The second kappa shape index (κ2) is 12.3. The van der Waals surface area contributed by atoms with Gasteiger partial charge in [-0.3, -0.25) is 4.79 Å². The Hall–Kier alpha value is -1.23. The van der Waals surface area contributed by atoms with E-state index in [1.165, 1.54) is 0 Å². The summed E-state index contributed by atoms with van der Waals surface area (Å²) in [7, 11) is 3.21. The first-order valence-corrected chi connectivity index (χ1v) is 9.58. The molecular weight excluding hydrogens is 527 g/mol. The quantitative estimate of drug-likeness (QED) is 0.308. The summed E-state index contributed by atoms with van der Waals surface area (Å²) in [5, 5.41) is 6.28. The van der Waals surface area contributed by atoms with Crippen LogP contribution in [0.3, 0.4) is 0 Å². The molecule has 0 radical (unpaired) electrons. The Balaban J connectivity index is 0.00000364. The van der Waals surface area contributed by atoms with Crippen LogP contribution in [-0.4, -0.2) is 57.2 Å². The molecule has 1 fully saturated rings. The van der Waals surface area contributed by atoms with Crippen LogP contribution >= 0.6 is 39.9 Å². The number of amides is 1. The zero-order valence-electron chi connectivity index (χ0n) is 16.0. The third kappa shape index (κ3) is 7.02. The van der Waals surface area contributed by atoms with Crippen molar-refractivity contribution in [1.29, 1.82) is 0 Å². The number of nitrogens with zero attached hydrogens (tertiary/aromatic N) is 2. The average molecular weight is 555 g/mol. The van der Waals surface area contributed by atoms with Gasteiger partial charge in [-0.05, 0) is 37.5 Å². The Labute approximate surface area is 186 Å². The molecule has 1 aromatic carbocycles. The fraction of sp³-hybridized carbons (Fsp3) is 0.556. The molecule has 0 spiro atoms. The van der Waals surface area contributed by atoms with Crippen LogP contribution in [0.2, 0.25) is 0 Å². The van der Waals surface area contributed by atoms with E-state index in [2.05, 4.69) is 31.6 Å². The number of ether oxygens (including phenoxy) is 2. The lowest BCUT2D eigenvalue weighted by Gasteiger charge is -2.17. The highest BCUT2D eigenvalue weighted by atomic mass is 127. The monoisotopic (exact) mass is 554 g/mol. The van der Waals surface area contributed by atoms with Gasteiger partial charge in [-0.15, -0.1) is 24.0 Å². The summed E-state index contributed by atoms with van der Waals surface area (Å²) in [6, 6.07) is 3.76. The van der Waals surface area contributed by atoms with E-state index < -0.39 is 0 Å². The van der Waals surface area contributed by atoms with Crippen LogP contribution in [0.5, 0.6) is 11.5 Å². The summed E-state index contributed by atoms with van der Waals surface area (Å²) in [6.45, 7) is 5.11. The van der Waals surface area contributed by atoms with E-state index >= 15 is 0 Å². The lowest BCUT2D eigenvalue weighted by atomic mass is 10.2. The first kappa shape index (κ1) is 23.8. The summed E-state index contributed by atoms with van der Waals surface area (Å²) in [4.78, 5) is 18.6. The molecule has 2 N–H and O–H groups in total. The molecule has 27 heavy (non-hydrogen) atoms. The van der Waals surface area contributed by atoms with Gasteiger partial charge in [0.1, 0.15) is 0 Å². The van der Waals surface area contributed by atoms with Crippen LogP contribution in [0, 0.1) is 0 Å². The fourth-order valence-electron chi connectivity index (χ4n) is 2.76. The Morgan fingerprint density at radius 2 is 1.81 bits per heavy atom. The predicted octanol–water partition coefficient (Wildman–Crippen LogP) is 2.76. The summed E-state index contributed by atoms with van der Waals surface area (Å²) in [6.07, 6.45) is 2.18. The number of methoxy groups -OCH3 is 2. The van der Waals surface area contributed by atoms with Crippen molar-refractivity contribution in [2.75, 3.05) is 40.4 Å². The van der Waals surface area contributed by atoms with E-state index in [9.17, 15) is 4.79 Å². The van der Waals surface area contributed by atoms with Crippen molar-refractivity contribution in [2.45, 2.75) is 26.3 Å². The molecule has 0 unspecified atom stereocenters. The molecular formula is C18H28BrIN4O3. The molecule has 1 heterocycles. The molecule has 7 nitrogen and oxygen atoms in total. The second-order valence-corrected chi connectivity index (χ2v) is 6.79. The maximum Gasteiger partial charge on any atom is 0.241 e. The number of rotatable bonds is 7. The highest BCUT2D eigenvalue weighted by Gasteiger charge is 2.17. The highest BCUT2D eigenvalue weighted by Crippen LogP contribution is 2.33. The van der Waals surface area contributed by atoms with Gasteiger partial charge in [0.15, 0.2) is 17.5 Å². The van der Waals surface area contributed by atoms with E-state index in [1.807, 2.05) is 24.0 Å². The van der Waals surface area contributed by atoms with Gasteiger partial charge >= 0.3 is 0 Å². The number of halogens is 2. The van der Waals surface area contributed by atoms with Gasteiger partial charge in [0.2, 0.25) is 5.91 Å². The van der Waals surface area contributed by atoms with E-state index in [-0.39, 0.29) is 36.4 Å². The largest absolute Gasteiger partial charge is 0.493 e. The standard InChI is InChI=1S/C18H27BrN4O3.HI/c1-4-20-18(22-12-17(24)23-7-5-6-8-23)21-11-13-9-15(25-2)16(26-3)10-14(13)19;/h9-10H,4-8,11-12H2,1-3H3,(H2,20,21,22);1H. The summed E-state index contributed by atoms with van der Waals surface area (Å²) in [5.74, 6) is 2.04. The van der Waals surface area contributed by atoms with E-state index in [4.69, 9.17) is 9.47 Å². The number of likely N-dealkylation sites (tertiary alicyclic amines) is 1. The van der Waals surface area contributed by atoms with Gasteiger partial charge in [-0.1, -0.05) is 15.9 Å². The minimum atomic E-state index is 0. The Bertz CT molecular complexity index is 652. The van der Waals surface area contributed by atoms with Crippen LogP contribution in [0.25, 0.3) is 0 Å². The minimum Gasteiger partial charge on any atom is -0.493 e. The molecule has 1 aliphatic heterocycles. The minimum absolute atomic E-state index is 0. The molecule has 0 bridgehead atoms. The van der Waals surface area contributed by atoms with Gasteiger partial charge in [-0.2, -0.15) is 0 Å². The zero-order chi connectivity index (χ0) is 18.9. The van der Waals surface area contributed by atoms with Crippen LogP contribution < -0.4 is 20.1 Å². The number of carbonyl (C=O) groups excluding carboxylic acids is 1. The molecule has 0 saturated carbocycles. The molecule has 0 atom stereocenters. The number of guanidine groups is 1. The Morgan fingerprint density at radius 1 is 1.19 bits per heavy atom. The third-order valence-electron chi connectivity index (χ3n) is 4.17. The highest BCUT2D eigenvalue weighted by molar-refractivity contribution is 14.0. The first-order valence-electron chi connectivity index (χ1n) is 8.79. The van der Waals surface area contributed by atoms with Gasteiger partial charge in [0, 0.05) is 24.1 Å². The first-order chi connectivity index (χ1) is 12.6. The molecule has 0 aliphatic carbocycles. The fourth-order valence-corrected chi connectivity index (χ4v) is 3.21.